The van der Waals surface area contributed by atoms with Gasteiger partial charge in [-0.25, -0.2) is 19.2 Å². The fourth-order valence-electron chi connectivity index (χ4n) is 5.17. The van der Waals surface area contributed by atoms with E-state index in [9.17, 15) is 19.2 Å². The van der Waals surface area contributed by atoms with E-state index < -0.39 is 23.9 Å². The summed E-state index contributed by atoms with van der Waals surface area (Å²) in [6.07, 6.45) is 5.54. The first kappa shape index (κ1) is 44.7. The van der Waals surface area contributed by atoms with E-state index >= 15 is 0 Å². The van der Waals surface area contributed by atoms with Gasteiger partial charge in [0.05, 0.1) is 56.1 Å². The summed E-state index contributed by atoms with van der Waals surface area (Å²) in [6.45, 7) is 12.0. The Morgan fingerprint density at radius 1 is 0.559 bits per heavy atom. The molecule has 13 nitrogen and oxygen atoms in total. The number of ether oxygens (including phenoxy) is 7. The van der Waals surface area contributed by atoms with E-state index in [0.29, 0.717) is 104 Å². The second-order valence-corrected chi connectivity index (χ2v) is 12.7. The molecule has 0 saturated heterocycles. The lowest BCUT2D eigenvalue weighted by Crippen LogP contribution is -2.10. The molecule has 0 spiro atoms. The maximum Gasteiger partial charge on any atom is 0.343 e. The number of nitrogens with zero attached hydrogens (tertiary/aromatic N) is 2. The molecule has 0 aromatic heterocycles. The van der Waals surface area contributed by atoms with Crippen molar-refractivity contribution in [2.45, 2.75) is 46.0 Å². The number of carbonyl (C=O) groups is 4. The molecule has 13 heteroatoms. The normalized spacial score (nSPS) is 11.2. The number of carbonyl (C=O) groups excluding carboxylic acids is 4. The third-order valence-corrected chi connectivity index (χ3v) is 8.45. The molecule has 0 fully saturated rings. The van der Waals surface area contributed by atoms with Crippen molar-refractivity contribution in [2.75, 3.05) is 33.5 Å². The number of benzene rings is 4. The second kappa shape index (κ2) is 23.9. The lowest BCUT2D eigenvalue weighted by Gasteiger charge is -2.11. The van der Waals surface area contributed by atoms with Crippen molar-refractivity contribution in [3.63, 3.8) is 0 Å². The van der Waals surface area contributed by atoms with Crippen LogP contribution in [0.2, 0.25) is 0 Å². The van der Waals surface area contributed by atoms with Crippen molar-refractivity contribution in [1.29, 1.82) is 0 Å². The van der Waals surface area contributed by atoms with Gasteiger partial charge in [0.2, 0.25) is 0 Å². The largest absolute Gasteiger partial charge is 0.494 e. The van der Waals surface area contributed by atoms with E-state index in [1.54, 1.807) is 78.9 Å². The molecule has 308 valence electrons. The van der Waals surface area contributed by atoms with Crippen molar-refractivity contribution in [3.05, 3.63) is 139 Å². The van der Waals surface area contributed by atoms with Gasteiger partial charge in [-0.15, -0.1) is 0 Å². The fourth-order valence-corrected chi connectivity index (χ4v) is 5.17. The van der Waals surface area contributed by atoms with Gasteiger partial charge in [-0.05, 0) is 136 Å². The zero-order valence-corrected chi connectivity index (χ0v) is 33.5. The molecule has 0 aliphatic carbocycles. The summed E-state index contributed by atoms with van der Waals surface area (Å²) in [5, 5.41) is 8.96. The van der Waals surface area contributed by atoms with Crippen molar-refractivity contribution < 1.29 is 52.3 Å². The zero-order chi connectivity index (χ0) is 42.4. The highest BCUT2D eigenvalue weighted by Gasteiger charge is 2.15. The van der Waals surface area contributed by atoms with Crippen molar-refractivity contribution >= 4 is 35.3 Å². The molecule has 4 aromatic rings. The molecule has 0 radical (unpaired) electrons. The van der Waals surface area contributed by atoms with Gasteiger partial charge in [0.1, 0.15) is 17.2 Å². The van der Waals surface area contributed by atoms with E-state index in [1.165, 1.54) is 7.11 Å². The average Bonchev–Trinajstić information content (AvgIpc) is 3.26. The Bertz CT molecular complexity index is 2110. The SMILES string of the molecule is C=CC(=O)OCCCCOc1ccc(C(=O)Oc2ccc(/C(CC)=N/N=C(\C)c3ccc(OC(=O)c4ccc(OCCCCOC(=O)C=C)cc4)c(OC)c3)cc2)cc1. The molecule has 0 atom stereocenters. The lowest BCUT2D eigenvalue weighted by molar-refractivity contribution is -0.138. The minimum Gasteiger partial charge on any atom is -0.494 e. The van der Waals surface area contributed by atoms with E-state index in [4.69, 9.17) is 33.2 Å². The minimum atomic E-state index is -0.565. The van der Waals surface area contributed by atoms with Gasteiger partial charge in [0.15, 0.2) is 11.5 Å². The van der Waals surface area contributed by atoms with E-state index in [-0.39, 0.29) is 5.75 Å². The highest BCUT2D eigenvalue weighted by atomic mass is 16.6. The van der Waals surface area contributed by atoms with Gasteiger partial charge in [-0.2, -0.15) is 10.2 Å². The molecule has 0 aliphatic heterocycles. The predicted octanol–water partition coefficient (Wildman–Crippen LogP) is 8.53. The topological polar surface area (TPSA) is 158 Å². The van der Waals surface area contributed by atoms with Gasteiger partial charge in [-0.3, -0.25) is 0 Å². The summed E-state index contributed by atoms with van der Waals surface area (Å²) in [4.78, 5) is 47.9. The van der Waals surface area contributed by atoms with Gasteiger partial charge in [0.25, 0.3) is 0 Å². The van der Waals surface area contributed by atoms with Crippen LogP contribution in [0.4, 0.5) is 0 Å². The fraction of sp³-hybridized carbons (Fsp3) is 0.261. The van der Waals surface area contributed by atoms with E-state index in [1.807, 2.05) is 26.0 Å². The average molecular weight is 805 g/mol. The molecule has 0 bridgehead atoms. The number of unbranched alkanes of at least 4 members (excludes halogenated alkanes) is 2. The number of hydrogen-bond donors (Lipinski definition) is 0. The first-order chi connectivity index (χ1) is 28.6. The zero-order valence-electron chi connectivity index (χ0n) is 33.5. The highest BCUT2D eigenvalue weighted by molar-refractivity contribution is 6.03. The van der Waals surface area contributed by atoms with Crippen LogP contribution in [-0.2, 0) is 19.1 Å². The van der Waals surface area contributed by atoms with Crippen LogP contribution in [-0.4, -0.2) is 68.8 Å². The summed E-state index contributed by atoms with van der Waals surface area (Å²) < 4.78 is 38.0. The number of methoxy groups -OCH3 is 1. The molecule has 59 heavy (non-hydrogen) atoms. The van der Waals surface area contributed by atoms with Crippen LogP contribution < -0.4 is 23.7 Å². The molecular weight excluding hydrogens is 757 g/mol. The van der Waals surface area contributed by atoms with Crippen molar-refractivity contribution in [3.8, 4) is 28.7 Å². The van der Waals surface area contributed by atoms with Gasteiger partial charge >= 0.3 is 23.9 Å². The first-order valence-electron chi connectivity index (χ1n) is 19.0. The predicted molar refractivity (Wildman–Crippen MR) is 223 cm³/mol. The number of rotatable bonds is 23. The molecule has 0 amide bonds. The van der Waals surface area contributed by atoms with Gasteiger partial charge in [-0.1, -0.05) is 20.1 Å². The Balaban J connectivity index is 1.27. The molecule has 0 saturated carbocycles. The molecular formula is C46H48N2O11. The van der Waals surface area contributed by atoms with Gasteiger partial charge in [0, 0.05) is 17.7 Å². The second-order valence-electron chi connectivity index (χ2n) is 12.7. The Morgan fingerprint density at radius 2 is 1.02 bits per heavy atom. The Hall–Kier alpha value is -7.02. The van der Waals surface area contributed by atoms with Crippen LogP contribution in [0.3, 0.4) is 0 Å². The third kappa shape index (κ3) is 14.8. The Labute approximate surface area is 343 Å². The molecule has 4 aromatic carbocycles. The molecule has 4 rings (SSSR count). The standard InChI is InChI=1S/C46H48N2O11/c1-6-40(33-13-24-39(25-14-33)58-45(51)34-15-20-37(21-16-34)54-27-9-11-29-56-43(49)7-2)48-47-32(4)36-19-26-41(42(31-36)53-5)59-46(52)35-17-22-38(23-18-35)55-28-10-12-30-57-44(50)8-3/h7-8,13-26,31H,2-3,6,9-12,27-30H2,1,4-5H3/b47-32+,48-40+. The number of esters is 4. The quantitative estimate of drug-likeness (QED) is 0.0177. The minimum absolute atomic E-state index is 0.241. The monoisotopic (exact) mass is 804 g/mol. The van der Waals surface area contributed by atoms with E-state index in [0.717, 1.165) is 23.4 Å². The molecule has 0 unspecified atom stereocenters. The van der Waals surface area contributed by atoms with Crippen LogP contribution in [0.15, 0.2) is 127 Å². The van der Waals surface area contributed by atoms with Crippen molar-refractivity contribution in [2.24, 2.45) is 10.2 Å². The van der Waals surface area contributed by atoms with Crippen LogP contribution >= 0.6 is 0 Å². The summed E-state index contributed by atoms with van der Waals surface area (Å²) >= 11 is 0. The van der Waals surface area contributed by atoms with Crippen LogP contribution in [0.5, 0.6) is 28.7 Å². The summed E-state index contributed by atoms with van der Waals surface area (Å²) in [5.74, 6) is 0.186. The summed E-state index contributed by atoms with van der Waals surface area (Å²) in [7, 11) is 1.48. The molecule has 0 aliphatic rings. The van der Waals surface area contributed by atoms with E-state index in [2.05, 4.69) is 23.4 Å². The van der Waals surface area contributed by atoms with Crippen LogP contribution in [0, 0.1) is 0 Å². The maximum absolute atomic E-state index is 12.9. The lowest BCUT2D eigenvalue weighted by atomic mass is 10.1. The smallest absolute Gasteiger partial charge is 0.343 e. The highest BCUT2D eigenvalue weighted by Crippen LogP contribution is 2.30. The summed E-state index contributed by atoms with van der Waals surface area (Å²) in [5.41, 5.74) is 3.55. The number of hydrogen-bond acceptors (Lipinski definition) is 13. The van der Waals surface area contributed by atoms with Gasteiger partial charge < -0.3 is 33.2 Å². The summed E-state index contributed by atoms with van der Waals surface area (Å²) in [6, 6.07) is 25.4. The first-order valence-corrected chi connectivity index (χ1v) is 19.0. The van der Waals surface area contributed by atoms with Crippen LogP contribution in [0.1, 0.15) is 77.8 Å². The molecule has 0 N–H and O–H groups in total. The van der Waals surface area contributed by atoms with Crippen molar-refractivity contribution in [1.82, 2.24) is 0 Å². The Kier molecular flexibility index (Phi) is 18.1. The van der Waals surface area contributed by atoms with Crippen LogP contribution in [0.25, 0.3) is 0 Å². The maximum atomic E-state index is 12.9. The third-order valence-electron chi connectivity index (χ3n) is 8.45. The molecule has 0 heterocycles. The Morgan fingerprint density at radius 3 is 1.51 bits per heavy atom.